The number of rotatable bonds is 4. The molecule has 4 nitrogen and oxygen atoms in total. The lowest BCUT2D eigenvalue weighted by Crippen LogP contribution is -2.29. The van der Waals surface area contributed by atoms with E-state index >= 15 is 0 Å². The molecule has 0 bridgehead atoms. The minimum atomic E-state index is 0.153. The van der Waals surface area contributed by atoms with Crippen molar-refractivity contribution in [1.82, 2.24) is 14.8 Å². The zero-order valence-electron chi connectivity index (χ0n) is 12.1. The van der Waals surface area contributed by atoms with Crippen LogP contribution in [0.1, 0.15) is 23.3 Å². The predicted octanol–water partition coefficient (Wildman–Crippen LogP) is 2.64. The van der Waals surface area contributed by atoms with Crippen LogP contribution in [0.5, 0.6) is 0 Å². The van der Waals surface area contributed by atoms with Crippen molar-refractivity contribution in [2.45, 2.75) is 12.8 Å². The summed E-state index contributed by atoms with van der Waals surface area (Å²) in [5.41, 5.74) is 1.81. The van der Waals surface area contributed by atoms with E-state index in [4.69, 9.17) is 0 Å². The maximum atomic E-state index is 12.5. The Labute approximate surface area is 123 Å². The minimum absolute atomic E-state index is 0.153. The monoisotopic (exact) mass is 291 g/mol. The number of fused-ring (bicyclic) bond motifs is 1. The van der Waals surface area contributed by atoms with E-state index < -0.39 is 0 Å². The second kappa shape index (κ2) is 5.58. The van der Waals surface area contributed by atoms with Crippen LogP contribution in [0.3, 0.4) is 0 Å². The van der Waals surface area contributed by atoms with Crippen LogP contribution in [0, 0.1) is 5.92 Å². The lowest BCUT2D eigenvalue weighted by atomic mass is 10.1. The van der Waals surface area contributed by atoms with Crippen molar-refractivity contribution in [3.05, 3.63) is 23.2 Å². The summed E-state index contributed by atoms with van der Waals surface area (Å²) in [4.78, 5) is 19.9. The van der Waals surface area contributed by atoms with Crippen LogP contribution < -0.4 is 0 Å². The molecule has 0 radical (unpaired) electrons. The van der Waals surface area contributed by atoms with Gasteiger partial charge in [-0.25, -0.2) is 0 Å². The van der Waals surface area contributed by atoms with Gasteiger partial charge >= 0.3 is 0 Å². The van der Waals surface area contributed by atoms with Gasteiger partial charge in [0.2, 0.25) is 0 Å². The number of carbonyl (C=O) groups excluding carboxylic acids is 1. The van der Waals surface area contributed by atoms with E-state index in [0.717, 1.165) is 42.0 Å². The Bertz CT molecular complexity index is 573. The van der Waals surface area contributed by atoms with Crippen molar-refractivity contribution in [1.29, 1.82) is 0 Å². The van der Waals surface area contributed by atoms with E-state index in [2.05, 4.69) is 24.0 Å². The van der Waals surface area contributed by atoms with Gasteiger partial charge in [-0.1, -0.05) is 0 Å². The first-order valence-corrected chi connectivity index (χ1v) is 8.01. The first-order chi connectivity index (χ1) is 9.63. The molecule has 2 aromatic heterocycles. The number of aromatic nitrogens is 1. The second-order valence-corrected chi connectivity index (χ2v) is 6.83. The molecule has 0 saturated carbocycles. The minimum Gasteiger partial charge on any atom is -0.350 e. The fourth-order valence-corrected chi connectivity index (χ4v) is 3.61. The number of nitrogens with zero attached hydrogens (tertiary/aromatic N) is 2. The molecular formula is C15H21N3OS. The van der Waals surface area contributed by atoms with Gasteiger partial charge in [-0.2, -0.15) is 0 Å². The van der Waals surface area contributed by atoms with Gasteiger partial charge in [-0.05, 0) is 56.9 Å². The molecule has 1 fully saturated rings. The van der Waals surface area contributed by atoms with E-state index in [-0.39, 0.29) is 5.91 Å². The van der Waals surface area contributed by atoms with Gasteiger partial charge in [0.25, 0.3) is 5.91 Å². The molecule has 20 heavy (non-hydrogen) atoms. The SMILES string of the molecule is CN(C)CCC1CCN(C(=O)c2cc3sccc3[nH]2)C1. The first kappa shape index (κ1) is 13.6. The normalized spacial score (nSPS) is 19.4. The predicted molar refractivity (Wildman–Crippen MR) is 83.4 cm³/mol. The Morgan fingerprint density at radius 2 is 2.40 bits per heavy atom. The topological polar surface area (TPSA) is 39.3 Å². The highest BCUT2D eigenvalue weighted by Gasteiger charge is 2.27. The number of hydrogen-bond acceptors (Lipinski definition) is 3. The van der Waals surface area contributed by atoms with E-state index in [1.807, 2.05) is 22.4 Å². The highest BCUT2D eigenvalue weighted by Crippen LogP contribution is 2.25. The largest absolute Gasteiger partial charge is 0.350 e. The van der Waals surface area contributed by atoms with Crippen molar-refractivity contribution >= 4 is 27.5 Å². The van der Waals surface area contributed by atoms with Gasteiger partial charge in [0.15, 0.2) is 0 Å². The second-order valence-electron chi connectivity index (χ2n) is 5.88. The molecule has 1 saturated heterocycles. The summed E-state index contributed by atoms with van der Waals surface area (Å²) in [6, 6.07) is 4.01. The van der Waals surface area contributed by atoms with Crippen molar-refractivity contribution in [3.63, 3.8) is 0 Å². The summed E-state index contributed by atoms with van der Waals surface area (Å²) in [5, 5.41) is 2.04. The Morgan fingerprint density at radius 3 is 3.15 bits per heavy atom. The fraction of sp³-hybridized carbons (Fsp3) is 0.533. The number of thiophene rings is 1. The van der Waals surface area contributed by atoms with Gasteiger partial charge in [0.05, 0.1) is 10.2 Å². The van der Waals surface area contributed by atoms with E-state index in [1.54, 1.807) is 11.3 Å². The van der Waals surface area contributed by atoms with Crippen LogP contribution in [-0.4, -0.2) is 54.4 Å². The third-order valence-corrected chi connectivity index (χ3v) is 4.89. The average Bonchev–Trinajstić information content (AvgIpc) is 3.10. The van der Waals surface area contributed by atoms with Crippen LogP contribution in [0.25, 0.3) is 10.2 Å². The Hall–Kier alpha value is -1.33. The maximum Gasteiger partial charge on any atom is 0.270 e. The van der Waals surface area contributed by atoms with Crippen LogP contribution in [0.4, 0.5) is 0 Å². The molecule has 1 N–H and O–H groups in total. The van der Waals surface area contributed by atoms with Gasteiger partial charge in [0.1, 0.15) is 5.69 Å². The lowest BCUT2D eigenvalue weighted by molar-refractivity contribution is 0.0781. The summed E-state index contributed by atoms with van der Waals surface area (Å²) in [5.74, 6) is 0.804. The van der Waals surface area contributed by atoms with Gasteiger partial charge in [-0.3, -0.25) is 4.79 Å². The van der Waals surface area contributed by atoms with E-state index in [0.29, 0.717) is 5.92 Å². The smallest absolute Gasteiger partial charge is 0.270 e. The van der Waals surface area contributed by atoms with Crippen LogP contribution in [0.2, 0.25) is 0 Å². The molecule has 0 aliphatic carbocycles. The van der Waals surface area contributed by atoms with Crippen molar-refractivity contribution in [3.8, 4) is 0 Å². The molecule has 1 amide bonds. The fourth-order valence-electron chi connectivity index (χ4n) is 2.83. The Kier molecular flexibility index (Phi) is 3.81. The van der Waals surface area contributed by atoms with Crippen LogP contribution in [-0.2, 0) is 0 Å². The average molecular weight is 291 g/mol. The van der Waals surface area contributed by atoms with Gasteiger partial charge in [0, 0.05) is 13.1 Å². The maximum absolute atomic E-state index is 12.5. The zero-order chi connectivity index (χ0) is 14.1. The number of likely N-dealkylation sites (tertiary alicyclic amines) is 1. The summed E-state index contributed by atoms with van der Waals surface area (Å²) >= 11 is 1.67. The standard InChI is InChI=1S/C15H21N3OS/c1-17(2)6-3-11-4-7-18(10-11)15(19)13-9-14-12(16-13)5-8-20-14/h5,8-9,11,16H,3-4,6-7,10H2,1-2H3. The molecule has 3 rings (SSSR count). The molecule has 2 aromatic rings. The molecule has 0 spiro atoms. The molecule has 108 valence electrons. The number of hydrogen-bond donors (Lipinski definition) is 1. The molecular weight excluding hydrogens is 270 g/mol. The highest BCUT2D eigenvalue weighted by atomic mass is 32.1. The van der Waals surface area contributed by atoms with Crippen LogP contribution >= 0.6 is 11.3 Å². The number of amides is 1. The Balaban J connectivity index is 1.62. The summed E-state index contributed by atoms with van der Waals surface area (Å²) in [6.07, 6.45) is 2.31. The molecule has 1 unspecified atom stereocenters. The van der Waals surface area contributed by atoms with Crippen molar-refractivity contribution in [2.75, 3.05) is 33.7 Å². The molecule has 0 aromatic carbocycles. The highest BCUT2D eigenvalue weighted by molar-refractivity contribution is 7.17. The molecule has 5 heteroatoms. The number of nitrogens with one attached hydrogen (secondary N) is 1. The van der Waals surface area contributed by atoms with E-state index in [1.165, 1.54) is 6.42 Å². The third kappa shape index (κ3) is 2.74. The summed E-state index contributed by atoms with van der Waals surface area (Å²) in [7, 11) is 4.20. The third-order valence-electron chi connectivity index (χ3n) is 4.03. The quantitative estimate of drug-likeness (QED) is 0.940. The number of carbonyl (C=O) groups is 1. The lowest BCUT2D eigenvalue weighted by Gasteiger charge is -2.17. The van der Waals surface area contributed by atoms with Crippen molar-refractivity contribution in [2.24, 2.45) is 5.92 Å². The zero-order valence-corrected chi connectivity index (χ0v) is 12.9. The van der Waals surface area contributed by atoms with Crippen LogP contribution in [0.15, 0.2) is 17.5 Å². The van der Waals surface area contributed by atoms with Crippen molar-refractivity contribution < 1.29 is 4.79 Å². The number of aromatic amines is 1. The van der Waals surface area contributed by atoms with Gasteiger partial charge in [-0.15, -0.1) is 11.3 Å². The molecule has 3 heterocycles. The first-order valence-electron chi connectivity index (χ1n) is 7.13. The summed E-state index contributed by atoms with van der Waals surface area (Å²) in [6.45, 7) is 2.90. The Morgan fingerprint density at radius 1 is 1.55 bits per heavy atom. The summed E-state index contributed by atoms with van der Waals surface area (Å²) < 4.78 is 1.16. The molecule has 1 aliphatic rings. The molecule has 1 atom stereocenters. The molecule has 1 aliphatic heterocycles. The van der Waals surface area contributed by atoms with E-state index in [9.17, 15) is 4.79 Å². The van der Waals surface area contributed by atoms with Gasteiger partial charge < -0.3 is 14.8 Å². The number of H-pyrrole nitrogens is 1.